The van der Waals surface area contributed by atoms with E-state index in [9.17, 15) is 0 Å². The van der Waals surface area contributed by atoms with Gasteiger partial charge in [0.15, 0.2) is 16.6 Å². The molecule has 0 amide bonds. The highest BCUT2D eigenvalue weighted by atomic mass is 32.1. The molecule has 1 aliphatic rings. The lowest BCUT2D eigenvalue weighted by molar-refractivity contribution is 0.0389. The molecule has 1 aromatic rings. The van der Waals surface area contributed by atoms with Gasteiger partial charge in [0.1, 0.15) is 0 Å². The van der Waals surface area contributed by atoms with Gasteiger partial charge < -0.3 is 19.5 Å². The van der Waals surface area contributed by atoms with Gasteiger partial charge in [-0.3, -0.25) is 10.3 Å². The molecule has 7 nitrogen and oxygen atoms in total. The molecule has 0 saturated carbocycles. The minimum atomic E-state index is 0.490. The number of hydrogen-bond acceptors (Lipinski definition) is 6. The zero-order valence-electron chi connectivity index (χ0n) is 14.8. The molecule has 2 N–H and O–H groups in total. The number of rotatable bonds is 8. The first-order valence-corrected chi connectivity index (χ1v) is 8.82. The van der Waals surface area contributed by atoms with Gasteiger partial charge >= 0.3 is 0 Å². The fourth-order valence-electron chi connectivity index (χ4n) is 2.47. The van der Waals surface area contributed by atoms with Crippen molar-refractivity contribution >= 4 is 23.5 Å². The highest BCUT2D eigenvalue weighted by Crippen LogP contribution is 2.29. The number of nitrogens with zero attached hydrogens (tertiary/aromatic N) is 2. The molecule has 25 heavy (non-hydrogen) atoms. The van der Waals surface area contributed by atoms with Crippen molar-refractivity contribution in [3.63, 3.8) is 0 Å². The van der Waals surface area contributed by atoms with E-state index in [-0.39, 0.29) is 0 Å². The Balaban J connectivity index is 1.77. The number of nitrogens with one attached hydrogen (secondary N) is 2. The molecule has 0 spiro atoms. The lowest BCUT2D eigenvalue weighted by Crippen LogP contribution is -2.42. The van der Waals surface area contributed by atoms with Gasteiger partial charge in [0.2, 0.25) is 0 Å². The standard InChI is InChI=1S/C17H26N4O3S/c1-3-24-15-6-4-5-14(16(15)22-2)13-19-20-17(25)18-7-8-21-9-11-23-12-10-21/h4-6,13H,3,7-12H2,1-2H3,(H2,18,20,25)/b19-13+. The highest BCUT2D eigenvalue weighted by molar-refractivity contribution is 7.80. The maximum Gasteiger partial charge on any atom is 0.187 e. The van der Waals surface area contributed by atoms with Crippen LogP contribution < -0.4 is 20.2 Å². The molecular formula is C17H26N4O3S. The third kappa shape index (κ3) is 6.49. The topological polar surface area (TPSA) is 67.4 Å². The molecule has 0 aromatic heterocycles. The van der Waals surface area contributed by atoms with Gasteiger partial charge in [0.25, 0.3) is 0 Å². The molecule has 1 heterocycles. The van der Waals surface area contributed by atoms with Crippen LogP contribution in [-0.4, -0.2) is 69.3 Å². The third-order valence-corrected chi connectivity index (χ3v) is 3.94. The second kappa shape index (κ2) is 10.9. The molecule has 1 aromatic carbocycles. The molecule has 8 heteroatoms. The van der Waals surface area contributed by atoms with Crippen LogP contribution in [0.4, 0.5) is 0 Å². The van der Waals surface area contributed by atoms with Crippen LogP contribution in [0.1, 0.15) is 12.5 Å². The van der Waals surface area contributed by atoms with Crippen molar-refractivity contribution in [3.8, 4) is 11.5 Å². The van der Waals surface area contributed by atoms with Crippen molar-refractivity contribution in [2.45, 2.75) is 6.92 Å². The number of thiocarbonyl (C=S) groups is 1. The van der Waals surface area contributed by atoms with Crippen LogP contribution in [0.3, 0.4) is 0 Å². The average molecular weight is 366 g/mol. The normalized spacial score (nSPS) is 15.1. The van der Waals surface area contributed by atoms with Crippen LogP contribution in [0.15, 0.2) is 23.3 Å². The van der Waals surface area contributed by atoms with E-state index >= 15 is 0 Å². The van der Waals surface area contributed by atoms with E-state index in [0.29, 0.717) is 23.2 Å². The minimum absolute atomic E-state index is 0.490. The average Bonchev–Trinajstić information content (AvgIpc) is 2.63. The lowest BCUT2D eigenvalue weighted by atomic mass is 10.2. The summed E-state index contributed by atoms with van der Waals surface area (Å²) in [5.41, 5.74) is 3.64. The Bertz CT molecular complexity index is 577. The van der Waals surface area contributed by atoms with Crippen molar-refractivity contribution in [3.05, 3.63) is 23.8 Å². The summed E-state index contributed by atoms with van der Waals surface area (Å²) < 4.78 is 16.3. The van der Waals surface area contributed by atoms with E-state index in [1.165, 1.54) is 0 Å². The highest BCUT2D eigenvalue weighted by Gasteiger charge is 2.10. The van der Waals surface area contributed by atoms with Gasteiger partial charge in [-0.1, -0.05) is 6.07 Å². The summed E-state index contributed by atoms with van der Waals surface area (Å²) in [7, 11) is 1.61. The number of ether oxygens (including phenoxy) is 3. The first-order valence-electron chi connectivity index (χ1n) is 8.41. The summed E-state index contributed by atoms with van der Waals surface area (Å²) >= 11 is 5.23. The molecule has 0 bridgehead atoms. The van der Waals surface area contributed by atoms with Crippen molar-refractivity contribution in [1.29, 1.82) is 0 Å². The van der Waals surface area contributed by atoms with Crippen LogP contribution in [0.2, 0.25) is 0 Å². The smallest absolute Gasteiger partial charge is 0.187 e. The lowest BCUT2D eigenvalue weighted by Gasteiger charge is -2.26. The Morgan fingerprint density at radius 2 is 2.20 bits per heavy atom. The maximum atomic E-state index is 5.55. The van der Waals surface area contributed by atoms with E-state index in [1.54, 1.807) is 13.3 Å². The van der Waals surface area contributed by atoms with Gasteiger partial charge in [-0.25, -0.2) is 0 Å². The molecule has 138 valence electrons. The fourth-order valence-corrected chi connectivity index (χ4v) is 2.63. The fraction of sp³-hybridized carbons (Fsp3) is 0.529. The van der Waals surface area contributed by atoms with Crippen LogP contribution in [0, 0.1) is 0 Å². The summed E-state index contributed by atoms with van der Waals surface area (Å²) in [6, 6.07) is 5.67. The van der Waals surface area contributed by atoms with Gasteiger partial charge in [-0.2, -0.15) is 5.10 Å². The van der Waals surface area contributed by atoms with Crippen LogP contribution in [0.25, 0.3) is 0 Å². The number of hydrogen-bond donors (Lipinski definition) is 2. The monoisotopic (exact) mass is 366 g/mol. The third-order valence-electron chi connectivity index (χ3n) is 3.70. The summed E-state index contributed by atoms with van der Waals surface area (Å²) in [5, 5.41) is 7.80. The largest absolute Gasteiger partial charge is 0.492 e. The number of benzene rings is 1. The molecule has 1 aliphatic heterocycles. The van der Waals surface area contributed by atoms with E-state index in [1.807, 2.05) is 25.1 Å². The van der Waals surface area contributed by atoms with Crippen molar-refractivity contribution in [2.24, 2.45) is 5.10 Å². The quantitative estimate of drug-likeness (QED) is 0.407. The van der Waals surface area contributed by atoms with Crippen LogP contribution in [-0.2, 0) is 4.74 Å². The van der Waals surface area contributed by atoms with Crippen molar-refractivity contribution < 1.29 is 14.2 Å². The SMILES string of the molecule is CCOc1cccc(/C=N/NC(=S)NCCN2CCOCC2)c1OC. The number of hydrazone groups is 1. The summed E-state index contributed by atoms with van der Waals surface area (Å²) in [6.45, 7) is 7.75. The van der Waals surface area contributed by atoms with Gasteiger partial charge in [-0.15, -0.1) is 0 Å². The van der Waals surface area contributed by atoms with E-state index < -0.39 is 0 Å². The minimum Gasteiger partial charge on any atom is -0.492 e. The molecule has 1 fully saturated rings. The number of methoxy groups -OCH3 is 1. The van der Waals surface area contributed by atoms with Crippen molar-refractivity contribution in [2.75, 3.05) is 53.1 Å². The Hall–Kier alpha value is -1.90. The van der Waals surface area contributed by atoms with E-state index in [4.69, 9.17) is 26.4 Å². The predicted molar refractivity (Wildman–Crippen MR) is 103 cm³/mol. The van der Waals surface area contributed by atoms with Gasteiger partial charge in [0, 0.05) is 31.7 Å². The molecular weight excluding hydrogens is 340 g/mol. The molecule has 2 rings (SSSR count). The predicted octanol–water partition coefficient (Wildman–Crippen LogP) is 1.22. The van der Waals surface area contributed by atoms with Gasteiger partial charge in [0.05, 0.1) is 33.1 Å². The first-order chi connectivity index (χ1) is 12.2. The Kier molecular flexibility index (Phi) is 8.44. The number of morpholine rings is 1. The van der Waals surface area contributed by atoms with Gasteiger partial charge in [-0.05, 0) is 31.3 Å². The molecule has 0 aliphatic carbocycles. The molecule has 0 radical (unpaired) electrons. The Labute approximate surface area is 154 Å². The van der Waals surface area contributed by atoms with Crippen LogP contribution in [0.5, 0.6) is 11.5 Å². The molecule has 0 unspecified atom stereocenters. The van der Waals surface area contributed by atoms with Crippen LogP contribution >= 0.6 is 12.2 Å². The zero-order chi connectivity index (χ0) is 17.9. The summed E-state index contributed by atoms with van der Waals surface area (Å²) in [4.78, 5) is 2.34. The summed E-state index contributed by atoms with van der Waals surface area (Å²) in [6.07, 6.45) is 1.66. The molecule has 0 atom stereocenters. The summed E-state index contributed by atoms with van der Waals surface area (Å²) in [5.74, 6) is 1.35. The van der Waals surface area contributed by atoms with E-state index in [2.05, 4.69) is 20.7 Å². The Morgan fingerprint density at radius 1 is 1.40 bits per heavy atom. The second-order valence-electron chi connectivity index (χ2n) is 5.39. The zero-order valence-corrected chi connectivity index (χ0v) is 15.6. The molecule has 1 saturated heterocycles. The number of para-hydroxylation sites is 1. The first kappa shape index (κ1) is 19.4. The Morgan fingerprint density at radius 3 is 2.92 bits per heavy atom. The van der Waals surface area contributed by atoms with Crippen molar-refractivity contribution in [1.82, 2.24) is 15.6 Å². The van der Waals surface area contributed by atoms with E-state index in [0.717, 1.165) is 45.0 Å². The second-order valence-corrected chi connectivity index (χ2v) is 5.80. The maximum absolute atomic E-state index is 5.55.